The summed E-state index contributed by atoms with van der Waals surface area (Å²) in [6.07, 6.45) is 1.63. The van der Waals surface area contributed by atoms with Crippen molar-refractivity contribution < 1.29 is 13.9 Å². The van der Waals surface area contributed by atoms with Crippen molar-refractivity contribution >= 4 is 38.8 Å². The third-order valence-electron chi connectivity index (χ3n) is 5.84. The van der Waals surface area contributed by atoms with E-state index in [-0.39, 0.29) is 11.7 Å². The van der Waals surface area contributed by atoms with Crippen molar-refractivity contribution in [2.75, 3.05) is 43.9 Å². The second-order valence-electron chi connectivity index (χ2n) is 8.54. The fraction of sp³-hybridized carbons (Fsp3) is 0.241. The van der Waals surface area contributed by atoms with Crippen LogP contribution in [0.3, 0.4) is 0 Å². The molecule has 1 amide bonds. The molecule has 2 aromatic carbocycles. The number of aromatic nitrogens is 1. The van der Waals surface area contributed by atoms with Gasteiger partial charge in [-0.15, -0.1) is 11.3 Å². The summed E-state index contributed by atoms with van der Waals surface area (Å²) in [6.45, 7) is 6.83. The fourth-order valence-electron chi connectivity index (χ4n) is 3.64. The van der Waals surface area contributed by atoms with Crippen molar-refractivity contribution in [2.24, 2.45) is 0 Å². The van der Waals surface area contributed by atoms with Gasteiger partial charge in [-0.3, -0.25) is 14.7 Å². The van der Waals surface area contributed by atoms with Crippen LogP contribution < -0.4 is 15.0 Å². The van der Waals surface area contributed by atoms with E-state index in [9.17, 15) is 9.18 Å². The summed E-state index contributed by atoms with van der Waals surface area (Å²) in [4.78, 5) is 22.0. The minimum atomic E-state index is -0.582. The number of fused-ring (bicyclic) bond motifs is 1. The molecule has 0 aliphatic rings. The number of ether oxygens (including phenoxy) is 1. The molecule has 4 aromatic rings. The molecular weight excluding hydrogens is 487 g/mol. The Morgan fingerprint density at radius 3 is 2.49 bits per heavy atom. The Bertz CT molecular complexity index is 1450. The Balaban J connectivity index is 1.47. The summed E-state index contributed by atoms with van der Waals surface area (Å²) in [5, 5.41) is 2.73. The maximum absolute atomic E-state index is 14.9. The molecule has 1 N–H and O–H groups in total. The fourth-order valence-corrected chi connectivity index (χ4v) is 4.58. The standard InChI is InChI=1S/C29H29FN4O2S/c1-5-34(6-2)17-7-8-23-19-25-28(37-23)27(15-16-31-25)36-26-14-11-21(18-24(26)30)32-29(35)20-9-12-22(13-10-20)33(3)4/h9-16,18-19H,5-6,17H2,1-4H3,(H,32,35). The SMILES string of the molecule is CCN(CC)CC#Cc1cc2nccc(Oc3ccc(NC(=O)c4ccc(N(C)C)cc4)cc3F)c2s1. The summed E-state index contributed by atoms with van der Waals surface area (Å²) in [7, 11) is 3.86. The largest absolute Gasteiger partial charge is 0.453 e. The second kappa shape index (κ2) is 11.9. The van der Waals surface area contributed by atoms with Gasteiger partial charge in [0.2, 0.25) is 0 Å². The van der Waals surface area contributed by atoms with Crippen LogP contribution in [0.4, 0.5) is 15.8 Å². The summed E-state index contributed by atoms with van der Waals surface area (Å²) in [6, 6.07) is 15.2. The van der Waals surface area contributed by atoms with E-state index in [1.165, 1.54) is 23.5 Å². The average Bonchev–Trinajstić information content (AvgIpc) is 3.32. The van der Waals surface area contributed by atoms with Gasteiger partial charge in [0.05, 0.1) is 21.6 Å². The third-order valence-corrected chi connectivity index (χ3v) is 6.89. The Labute approximate surface area is 220 Å². The van der Waals surface area contributed by atoms with Crippen LogP contribution in [0.2, 0.25) is 0 Å². The first-order valence-corrected chi connectivity index (χ1v) is 12.9. The molecule has 0 bridgehead atoms. The number of nitrogens with zero attached hydrogens (tertiary/aromatic N) is 3. The van der Waals surface area contributed by atoms with Crippen molar-refractivity contribution in [3.63, 3.8) is 0 Å². The first-order valence-electron chi connectivity index (χ1n) is 12.0. The predicted molar refractivity (Wildman–Crippen MR) is 149 cm³/mol. The first-order chi connectivity index (χ1) is 17.9. The molecule has 2 heterocycles. The Morgan fingerprint density at radius 2 is 1.81 bits per heavy atom. The van der Waals surface area contributed by atoms with Crippen molar-refractivity contribution in [1.82, 2.24) is 9.88 Å². The molecular formula is C29H29FN4O2S. The van der Waals surface area contributed by atoms with Crippen LogP contribution in [0.15, 0.2) is 60.8 Å². The van der Waals surface area contributed by atoms with Crippen LogP contribution in [0, 0.1) is 17.7 Å². The minimum absolute atomic E-state index is 0.0587. The van der Waals surface area contributed by atoms with Gasteiger partial charge in [0, 0.05) is 49.4 Å². The number of benzene rings is 2. The number of hydrogen-bond donors (Lipinski definition) is 1. The smallest absolute Gasteiger partial charge is 0.255 e. The van der Waals surface area contributed by atoms with E-state index in [4.69, 9.17) is 4.74 Å². The molecule has 0 aliphatic heterocycles. The topological polar surface area (TPSA) is 57.7 Å². The number of rotatable bonds is 8. The van der Waals surface area contributed by atoms with Crippen LogP contribution in [0.1, 0.15) is 29.1 Å². The number of nitrogens with one attached hydrogen (secondary N) is 1. The second-order valence-corrected chi connectivity index (χ2v) is 9.59. The molecule has 4 rings (SSSR count). The van der Waals surface area contributed by atoms with Gasteiger partial charge in [-0.1, -0.05) is 25.7 Å². The number of anilines is 2. The van der Waals surface area contributed by atoms with Gasteiger partial charge in [-0.05, 0) is 55.6 Å². The molecule has 0 spiro atoms. The molecule has 37 heavy (non-hydrogen) atoms. The van der Waals surface area contributed by atoms with Crippen LogP contribution >= 0.6 is 11.3 Å². The predicted octanol–water partition coefficient (Wildman–Crippen LogP) is 6.24. The van der Waals surface area contributed by atoms with Gasteiger partial charge in [0.1, 0.15) is 5.75 Å². The van der Waals surface area contributed by atoms with E-state index in [2.05, 4.69) is 40.9 Å². The number of thiophene rings is 1. The highest BCUT2D eigenvalue weighted by molar-refractivity contribution is 7.19. The van der Waals surface area contributed by atoms with Gasteiger partial charge in [-0.25, -0.2) is 4.39 Å². The Kier molecular flexibility index (Phi) is 8.39. The molecule has 2 aromatic heterocycles. The molecule has 0 saturated heterocycles. The summed E-state index contributed by atoms with van der Waals surface area (Å²) in [5.41, 5.74) is 2.56. The maximum Gasteiger partial charge on any atom is 0.255 e. The summed E-state index contributed by atoms with van der Waals surface area (Å²) >= 11 is 1.47. The van der Waals surface area contributed by atoms with Crippen molar-refractivity contribution in [1.29, 1.82) is 0 Å². The van der Waals surface area contributed by atoms with E-state index in [1.807, 2.05) is 37.2 Å². The van der Waals surface area contributed by atoms with Crippen molar-refractivity contribution in [3.8, 4) is 23.3 Å². The van der Waals surface area contributed by atoms with Crippen LogP contribution in [-0.2, 0) is 0 Å². The third kappa shape index (κ3) is 6.45. The van der Waals surface area contributed by atoms with Gasteiger partial charge < -0.3 is 15.0 Å². The van der Waals surface area contributed by atoms with Crippen molar-refractivity contribution in [3.05, 3.63) is 77.1 Å². The van der Waals surface area contributed by atoms with Gasteiger partial charge in [-0.2, -0.15) is 0 Å². The van der Waals surface area contributed by atoms with Gasteiger partial charge >= 0.3 is 0 Å². The zero-order valence-corrected chi connectivity index (χ0v) is 22.2. The quantitative estimate of drug-likeness (QED) is 0.281. The number of halogens is 1. The van der Waals surface area contributed by atoms with E-state index in [0.29, 0.717) is 23.5 Å². The zero-order chi connectivity index (χ0) is 26.4. The highest BCUT2D eigenvalue weighted by atomic mass is 32.1. The Morgan fingerprint density at radius 1 is 1.05 bits per heavy atom. The molecule has 0 saturated carbocycles. The van der Waals surface area contributed by atoms with Crippen LogP contribution in [0.25, 0.3) is 10.2 Å². The molecule has 0 aliphatic carbocycles. The molecule has 6 nitrogen and oxygen atoms in total. The minimum Gasteiger partial charge on any atom is -0.453 e. The van der Waals surface area contributed by atoms with E-state index >= 15 is 0 Å². The molecule has 8 heteroatoms. The number of carbonyl (C=O) groups is 1. The molecule has 0 radical (unpaired) electrons. The lowest BCUT2D eigenvalue weighted by atomic mass is 10.2. The first kappa shape index (κ1) is 26.1. The van der Waals surface area contributed by atoms with Crippen LogP contribution in [0.5, 0.6) is 11.5 Å². The maximum atomic E-state index is 14.9. The number of pyridine rings is 1. The Hall–Kier alpha value is -3.93. The lowest BCUT2D eigenvalue weighted by Crippen LogP contribution is -2.22. The molecule has 0 atom stereocenters. The van der Waals surface area contributed by atoms with Crippen LogP contribution in [-0.4, -0.2) is 49.5 Å². The lowest BCUT2D eigenvalue weighted by molar-refractivity contribution is 0.102. The lowest BCUT2D eigenvalue weighted by Gasteiger charge is -2.13. The molecule has 190 valence electrons. The zero-order valence-electron chi connectivity index (χ0n) is 21.3. The molecule has 0 unspecified atom stereocenters. The summed E-state index contributed by atoms with van der Waals surface area (Å²) in [5.74, 6) is 6.07. The summed E-state index contributed by atoms with van der Waals surface area (Å²) < 4.78 is 21.6. The highest BCUT2D eigenvalue weighted by Gasteiger charge is 2.13. The monoisotopic (exact) mass is 516 g/mol. The number of hydrogen-bond acceptors (Lipinski definition) is 6. The van der Waals surface area contributed by atoms with Crippen molar-refractivity contribution in [2.45, 2.75) is 13.8 Å². The van der Waals surface area contributed by atoms with Gasteiger partial charge in [0.25, 0.3) is 5.91 Å². The number of amides is 1. The van der Waals surface area contributed by atoms with E-state index in [0.717, 1.165) is 33.9 Å². The average molecular weight is 517 g/mol. The normalized spacial score (nSPS) is 10.8. The van der Waals surface area contributed by atoms with E-state index < -0.39 is 5.82 Å². The highest BCUT2D eigenvalue weighted by Crippen LogP contribution is 2.36. The molecule has 0 fully saturated rings. The number of carbonyl (C=O) groups excluding carboxylic acids is 1. The van der Waals surface area contributed by atoms with E-state index in [1.54, 1.807) is 30.5 Å². The van der Waals surface area contributed by atoms with Gasteiger partial charge in [0.15, 0.2) is 11.6 Å².